The molecule has 0 aromatic rings. The number of phosphoric ester groups is 1. The Morgan fingerprint density at radius 3 is 1.41 bits per heavy atom. The molecule has 0 amide bonds. The van der Waals surface area contributed by atoms with Crippen LogP contribution < -0.4 is 0 Å². The summed E-state index contributed by atoms with van der Waals surface area (Å²) in [5.74, 6) is -0.825. The summed E-state index contributed by atoms with van der Waals surface area (Å²) in [4.78, 5) is 35.4. The van der Waals surface area contributed by atoms with Crippen molar-refractivity contribution < 1.29 is 42.1 Å². The standard InChI is InChI=1S/C46H84NO8P/c1-6-8-10-12-14-16-18-20-22-23-25-27-29-31-33-35-37-39-46(49)55-44(43-54-56(50,51)53-41-40-47(3,4)5)42-52-45(48)38-36-34-32-30-28-26-24-21-19-17-15-13-11-9-7-2/h14-17,20-22,24,44H,6-13,18-19,23,25-43H2,1-5H3/p+1/b16-14-,17-15-,22-20-,24-21-/t44-/m1/s1. The molecule has 2 atom stereocenters. The third-order valence-corrected chi connectivity index (χ3v) is 10.3. The Kier molecular flexibility index (Phi) is 37.1. The van der Waals surface area contributed by atoms with Gasteiger partial charge in [0.2, 0.25) is 0 Å². The zero-order valence-corrected chi connectivity index (χ0v) is 37.5. The summed E-state index contributed by atoms with van der Waals surface area (Å²) < 4.78 is 34.3. The first kappa shape index (κ1) is 54.0. The maximum atomic E-state index is 12.7. The Bertz CT molecular complexity index is 1100. The molecular formula is C46H85NO8P+. The van der Waals surface area contributed by atoms with Gasteiger partial charge in [0.05, 0.1) is 27.7 Å². The summed E-state index contributed by atoms with van der Waals surface area (Å²) in [6.07, 6.45) is 44.3. The quantitative estimate of drug-likeness (QED) is 0.0214. The molecule has 1 N–H and O–H groups in total. The zero-order valence-electron chi connectivity index (χ0n) is 36.6. The molecule has 0 aromatic carbocycles. The van der Waals surface area contributed by atoms with Crippen LogP contribution in [0.25, 0.3) is 0 Å². The van der Waals surface area contributed by atoms with Crippen molar-refractivity contribution in [3.8, 4) is 0 Å². The first-order valence-corrected chi connectivity index (χ1v) is 23.9. The van der Waals surface area contributed by atoms with Crippen LogP contribution in [0, 0.1) is 0 Å². The van der Waals surface area contributed by atoms with Crippen LogP contribution in [0.4, 0.5) is 0 Å². The summed E-state index contributed by atoms with van der Waals surface area (Å²) in [6, 6.07) is 0. The van der Waals surface area contributed by atoms with E-state index in [9.17, 15) is 19.0 Å². The zero-order chi connectivity index (χ0) is 41.4. The van der Waals surface area contributed by atoms with Gasteiger partial charge in [-0.15, -0.1) is 0 Å². The van der Waals surface area contributed by atoms with E-state index in [1.807, 2.05) is 21.1 Å². The normalized spacial score (nSPS) is 14.0. The van der Waals surface area contributed by atoms with Crippen LogP contribution >= 0.6 is 7.82 Å². The van der Waals surface area contributed by atoms with Crippen LogP contribution in [0.15, 0.2) is 48.6 Å². The number of carbonyl (C=O) groups excluding carboxylic acids is 2. The maximum absolute atomic E-state index is 12.7. The first-order valence-electron chi connectivity index (χ1n) is 22.4. The van der Waals surface area contributed by atoms with Gasteiger partial charge in [-0.05, 0) is 77.0 Å². The van der Waals surface area contributed by atoms with Crippen LogP contribution in [0.5, 0.6) is 0 Å². The number of rotatable bonds is 40. The van der Waals surface area contributed by atoms with Gasteiger partial charge in [-0.3, -0.25) is 18.6 Å². The van der Waals surface area contributed by atoms with Gasteiger partial charge in [0.25, 0.3) is 0 Å². The minimum absolute atomic E-state index is 0.0262. The van der Waals surface area contributed by atoms with Crippen molar-refractivity contribution in [3.05, 3.63) is 48.6 Å². The Morgan fingerprint density at radius 1 is 0.554 bits per heavy atom. The Balaban J connectivity index is 4.39. The summed E-state index contributed by atoms with van der Waals surface area (Å²) in [5.41, 5.74) is 0. The van der Waals surface area contributed by atoms with Crippen molar-refractivity contribution in [1.29, 1.82) is 0 Å². The highest BCUT2D eigenvalue weighted by molar-refractivity contribution is 7.47. The van der Waals surface area contributed by atoms with Gasteiger partial charge in [0, 0.05) is 12.8 Å². The molecule has 0 aliphatic heterocycles. The predicted octanol–water partition coefficient (Wildman–Crippen LogP) is 12.7. The van der Waals surface area contributed by atoms with Crippen LogP contribution in [0.2, 0.25) is 0 Å². The van der Waals surface area contributed by atoms with Gasteiger partial charge in [0.15, 0.2) is 6.10 Å². The average molecular weight is 811 g/mol. The summed E-state index contributed by atoms with van der Waals surface area (Å²) in [5, 5.41) is 0. The van der Waals surface area contributed by atoms with E-state index in [-0.39, 0.29) is 32.0 Å². The molecule has 326 valence electrons. The molecule has 9 nitrogen and oxygen atoms in total. The number of unbranched alkanes of at least 4 members (excludes halogenated alkanes) is 18. The van der Waals surface area contributed by atoms with Gasteiger partial charge in [-0.25, -0.2) is 4.57 Å². The highest BCUT2D eigenvalue weighted by Crippen LogP contribution is 2.43. The lowest BCUT2D eigenvalue weighted by molar-refractivity contribution is -0.870. The SMILES string of the molecule is CCCCC/C=C\C/C=C\CCCCCCCCCC(=O)O[C@H](COC(=O)CCCCCCC/C=C\C/C=C\CCCCC)COP(=O)(O)OCC[N+](C)(C)C. The maximum Gasteiger partial charge on any atom is 0.472 e. The fraction of sp³-hybridized carbons (Fsp3) is 0.783. The molecule has 0 saturated heterocycles. The highest BCUT2D eigenvalue weighted by Gasteiger charge is 2.27. The molecule has 0 aliphatic carbocycles. The van der Waals surface area contributed by atoms with Gasteiger partial charge >= 0.3 is 19.8 Å². The van der Waals surface area contributed by atoms with Crippen molar-refractivity contribution in [2.45, 2.75) is 187 Å². The van der Waals surface area contributed by atoms with Crippen LogP contribution in [0.3, 0.4) is 0 Å². The monoisotopic (exact) mass is 811 g/mol. The van der Waals surface area contributed by atoms with E-state index >= 15 is 0 Å². The second-order valence-electron chi connectivity index (χ2n) is 16.1. The molecule has 1 unspecified atom stereocenters. The molecule has 0 radical (unpaired) electrons. The van der Waals surface area contributed by atoms with Crippen LogP contribution in [0.1, 0.15) is 181 Å². The lowest BCUT2D eigenvalue weighted by Gasteiger charge is -2.24. The Hall–Kier alpha value is -2.03. The van der Waals surface area contributed by atoms with Crippen LogP contribution in [-0.4, -0.2) is 74.9 Å². The van der Waals surface area contributed by atoms with Gasteiger partial charge in [0.1, 0.15) is 19.8 Å². The smallest absolute Gasteiger partial charge is 0.462 e. The number of phosphoric acid groups is 1. The van der Waals surface area contributed by atoms with Crippen molar-refractivity contribution in [2.75, 3.05) is 47.5 Å². The highest BCUT2D eigenvalue weighted by atomic mass is 31.2. The van der Waals surface area contributed by atoms with Crippen molar-refractivity contribution in [2.24, 2.45) is 0 Å². The number of quaternary nitrogens is 1. The number of likely N-dealkylation sites (N-methyl/N-ethyl adjacent to an activating group) is 1. The van der Waals surface area contributed by atoms with Crippen molar-refractivity contribution in [1.82, 2.24) is 0 Å². The number of hydrogen-bond acceptors (Lipinski definition) is 7. The lowest BCUT2D eigenvalue weighted by Crippen LogP contribution is -2.37. The lowest BCUT2D eigenvalue weighted by atomic mass is 10.1. The number of nitrogens with zero attached hydrogens (tertiary/aromatic N) is 1. The molecule has 0 saturated carbocycles. The number of hydrogen-bond donors (Lipinski definition) is 1. The molecule has 0 spiro atoms. The third kappa shape index (κ3) is 41.6. The fourth-order valence-electron chi connectivity index (χ4n) is 5.78. The van der Waals surface area contributed by atoms with Crippen molar-refractivity contribution in [3.63, 3.8) is 0 Å². The average Bonchev–Trinajstić information content (AvgIpc) is 3.15. The van der Waals surface area contributed by atoms with Gasteiger partial charge in [-0.2, -0.15) is 0 Å². The molecule has 0 aromatic heterocycles. The van der Waals surface area contributed by atoms with E-state index in [1.54, 1.807) is 0 Å². The molecule has 10 heteroatoms. The Labute approximate surface area is 343 Å². The number of ether oxygens (including phenoxy) is 2. The minimum atomic E-state index is -4.38. The van der Waals surface area contributed by atoms with E-state index < -0.39 is 26.5 Å². The molecule has 56 heavy (non-hydrogen) atoms. The first-order chi connectivity index (χ1) is 27.0. The number of esters is 2. The molecule has 0 fully saturated rings. The third-order valence-electron chi connectivity index (χ3n) is 9.33. The van der Waals surface area contributed by atoms with E-state index in [0.717, 1.165) is 77.0 Å². The second-order valence-corrected chi connectivity index (χ2v) is 17.5. The Morgan fingerprint density at radius 2 is 0.964 bits per heavy atom. The summed E-state index contributed by atoms with van der Waals surface area (Å²) in [6.45, 7) is 4.34. The largest absolute Gasteiger partial charge is 0.472 e. The molecule has 0 bridgehead atoms. The summed E-state index contributed by atoms with van der Waals surface area (Å²) in [7, 11) is 1.46. The molecular weight excluding hydrogens is 725 g/mol. The minimum Gasteiger partial charge on any atom is -0.462 e. The predicted molar refractivity (Wildman–Crippen MR) is 233 cm³/mol. The van der Waals surface area contributed by atoms with Crippen LogP contribution in [-0.2, 0) is 32.7 Å². The topological polar surface area (TPSA) is 108 Å². The van der Waals surface area contributed by atoms with E-state index in [0.29, 0.717) is 17.4 Å². The number of carbonyl (C=O) groups is 2. The van der Waals surface area contributed by atoms with E-state index in [2.05, 4.69) is 62.5 Å². The fourth-order valence-corrected chi connectivity index (χ4v) is 6.52. The molecule has 0 heterocycles. The number of allylic oxidation sites excluding steroid dienone is 8. The van der Waals surface area contributed by atoms with E-state index in [1.165, 1.54) is 70.6 Å². The van der Waals surface area contributed by atoms with Gasteiger partial charge in [-0.1, -0.05) is 140 Å². The molecule has 0 rings (SSSR count). The summed E-state index contributed by atoms with van der Waals surface area (Å²) >= 11 is 0. The van der Waals surface area contributed by atoms with E-state index in [4.69, 9.17) is 18.5 Å². The van der Waals surface area contributed by atoms with Crippen molar-refractivity contribution >= 4 is 19.8 Å². The molecule has 0 aliphatic rings. The van der Waals surface area contributed by atoms with Gasteiger partial charge < -0.3 is 18.9 Å². The second kappa shape index (κ2) is 38.5.